The summed E-state index contributed by atoms with van der Waals surface area (Å²) in [4.78, 5) is 11.9. The van der Waals surface area contributed by atoms with Gasteiger partial charge in [0.2, 0.25) is 10.0 Å². The molecule has 0 aromatic heterocycles. The molecule has 1 saturated heterocycles. The van der Waals surface area contributed by atoms with Crippen LogP contribution in [0.2, 0.25) is 0 Å². The number of amides is 1. The van der Waals surface area contributed by atoms with Crippen LogP contribution in [0.4, 0.5) is 13.2 Å². The number of hydrogen-bond acceptors (Lipinski definition) is 3. The number of nitrogens with one attached hydrogen (secondary N) is 1. The highest BCUT2D eigenvalue weighted by Crippen LogP contribution is 2.24. The first-order chi connectivity index (χ1) is 8.11. The molecule has 0 radical (unpaired) electrons. The molecule has 1 atom stereocenters. The number of nitrogens with zero attached hydrogens (tertiary/aromatic N) is 1. The molecule has 0 aliphatic carbocycles. The van der Waals surface area contributed by atoms with Gasteiger partial charge in [-0.05, 0) is 19.3 Å². The summed E-state index contributed by atoms with van der Waals surface area (Å²) in [6, 6.07) is -0.734. The minimum absolute atomic E-state index is 0.00838. The summed E-state index contributed by atoms with van der Waals surface area (Å²) in [5.74, 6) is -1.90. The lowest BCUT2D eigenvalue weighted by molar-refractivity contribution is -0.188. The number of likely N-dealkylation sites (tertiary alicyclic amines) is 1. The van der Waals surface area contributed by atoms with Gasteiger partial charge in [0.15, 0.2) is 0 Å². The molecule has 9 heteroatoms. The van der Waals surface area contributed by atoms with Gasteiger partial charge in [-0.2, -0.15) is 13.2 Å². The zero-order valence-corrected chi connectivity index (χ0v) is 10.6. The zero-order chi connectivity index (χ0) is 14.0. The third-order valence-corrected chi connectivity index (χ3v) is 3.40. The minimum Gasteiger partial charge on any atom is -0.331 e. The summed E-state index contributed by atoms with van der Waals surface area (Å²) in [5.41, 5.74) is 0. The van der Waals surface area contributed by atoms with Crippen molar-refractivity contribution in [3.63, 3.8) is 0 Å². The smallest absolute Gasteiger partial charge is 0.331 e. The van der Waals surface area contributed by atoms with Crippen molar-refractivity contribution in [1.82, 2.24) is 9.62 Å². The van der Waals surface area contributed by atoms with Gasteiger partial charge in [0.1, 0.15) is 0 Å². The first-order valence-electron chi connectivity index (χ1n) is 5.43. The standard InChI is InChI=1S/C9H15F3N2O3S/c1-18(16,17)13-6-7-4-2-3-5-14(7)8(15)9(10,11)12/h7,13H,2-6H2,1H3. The first kappa shape index (κ1) is 15.2. The van der Waals surface area contributed by atoms with E-state index in [1.165, 1.54) is 0 Å². The maximum Gasteiger partial charge on any atom is 0.471 e. The Balaban J connectivity index is 2.71. The highest BCUT2D eigenvalue weighted by molar-refractivity contribution is 7.88. The Bertz CT molecular complexity index is 408. The van der Waals surface area contributed by atoms with Crippen LogP contribution in [0, 0.1) is 0 Å². The van der Waals surface area contributed by atoms with Gasteiger partial charge in [-0.15, -0.1) is 0 Å². The predicted octanol–water partition coefficient (Wildman–Crippen LogP) is 0.479. The Morgan fingerprint density at radius 1 is 1.39 bits per heavy atom. The highest BCUT2D eigenvalue weighted by Gasteiger charge is 2.45. The van der Waals surface area contributed by atoms with E-state index in [4.69, 9.17) is 0 Å². The molecule has 1 aliphatic heterocycles. The summed E-state index contributed by atoms with van der Waals surface area (Å²) in [6.45, 7) is -0.172. The molecule has 18 heavy (non-hydrogen) atoms. The lowest BCUT2D eigenvalue weighted by atomic mass is 10.0. The number of sulfonamides is 1. The van der Waals surface area contributed by atoms with E-state index in [2.05, 4.69) is 4.72 Å². The zero-order valence-electron chi connectivity index (χ0n) is 9.83. The van der Waals surface area contributed by atoms with Crippen LogP contribution in [-0.2, 0) is 14.8 Å². The van der Waals surface area contributed by atoms with E-state index in [1.54, 1.807) is 0 Å². The number of hydrogen-bond donors (Lipinski definition) is 1. The van der Waals surface area contributed by atoms with Crippen LogP contribution in [0.5, 0.6) is 0 Å². The molecule has 0 bridgehead atoms. The molecule has 1 fully saturated rings. The van der Waals surface area contributed by atoms with E-state index >= 15 is 0 Å². The normalized spacial score (nSPS) is 22.0. The summed E-state index contributed by atoms with van der Waals surface area (Å²) in [6.07, 6.45) is -2.45. The highest BCUT2D eigenvalue weighted by atomic mass is 32.2. The molecule has 0 aromatic rings. The maximum atomic E-state index is 12.4. The second kappa shape index (κ2) is 5.43. The molecular weight excluding hydrogens is 273 g/mol. The predicted molar refractivity (Wildman–Crippen MR) is 58.3 cm³/mol. The van der Waals surface area contributed by atoms with Crippen molar-refractivity contribution in [2.45, 2.75) is 31.5 Å². The maximum absolute atomic E-state index is 12.4. The van der Waals surface area contributed by atoms with Crippen molar-refractivity contribution in [1.29, 1.82) is 0 Å². The Hall–Kier alpha value is -0.830. The lowest BCUT2D eigenvalue weighted by Gasteiger charge is -2.36. The van der Waals surface area contributed by atoms with E-state index in [0.29, 0.717) is 24.2 Å². The van der Waals surface area contributed by atoms with Crippen molar-refractivity contribution < 1.29 is 26.4 Å². The minimum atomic E-state index is -4.92. The van der Waals surface area contributed by atoms with E-state index in [0.717, 1.165) is 6.26 Å². The molecule has 1 heterocycles. The second-order valence-electron chi connectivity index (χ2n) is 4.27. The van der Waals surface area contributed by atoms with Crippen molar-refractivity contribution >= 4 is 15.9 Å². The fraction of sp³-hybridized carbons (Fsp3) is 0.889. The van der Waals surface area contributed by atoms with Gasteiger partial charge in [0.05, 0.1) is 6.26 Å². The number of carbonyl (C=O) groups is 1. The molecule has 1 N–H and O–H groups in total. The number of halogens is 3. The Labute approximate surface area is 103 Å². The van der Waals surface area contributed by atoms with Crippen LogP contribution in [0.15, 0.2) is 0 Å². The Kier molecular flexibility index (Phi) is 4.60. The molecule has 0 aromatic carbocycles. The summed E-state index contributed by atoms with van der Waals surface area (Å²) in [7, 11) is -3.48. The van der Waals surface area contributed by atoms with Crippen LogP contribution in [0.1, 0.15) is 19.3 Å². The van der Waals surface area contributed by atoms with Gasteiger partial charge in [0, 0.05) is 19.1 Å². The largest absolute Gasteiger partial charge is 0.471 e. The topological polar surface area (TPSA) is 66.5 Å². The average Bonchev–Trinajstić information content (AvgIpc) is 2.23. The molecule has 0 saturated carbocycles. The quantitative estimate of drug-likeness (QED) is 0.821. The lowest BCUT2D eigenvalue weighted by Crippen LogP contribution is -2.53. The summed E-state index contributed by atoms with van der Waals surface area (Å²) < 4.78 is 61.0. The molecular formula is C9H15F3N2O3S. The van der Waals surface area contributed by atoms with Gasteiger partial charge < -0.3 is 4.90 Å². The third-order valence-electron chi connectivity index (χ3n) is 2.71. The number of rotatable bonds is 3. The number of piperidine rings is 1. The van der Waals surface area contributed by atoms with Crippen molar-refractivity contribution in [2.75, 3.05) is 19.3 Å². The van der Waals surface area contributed by atoms with E-state index in [1.807, 2.05) is 0 Å². The fourth-order valence-electron chi connectivity index (χ4n) is 1.89. The van der Waals surface area contributed by atoms with Crippen LogP contribution in [-0.4, -0.2) is 50.8 Å². The van der Waals surface area contributed by atoms with Crippen molar-refractivity contribution in [2.24, 2.45) is 0 Å². The average molecular weight is 288 g/mol. The number of carbonyl (C=O) groups excluding carboxylic acids is 1. The van der Waals surface area contributed by atoms with Gasteiger partial charge in [-0.3, -0.25) is 4.79 Å². The monoisotopic (exact) mass is 288 g/mol. The van der Waals surface area contributed by atoms with Crippen LogP contribution in [0.3, 0.4) is 0 Å². The number of alkyl halides is 3. The molecule has 0 spiro atoms. The third kappa shape index (κ3) is 4.45. The van der Waals surface area contributed by atoms with Crippen LogP contribution < -0.4 is 4.72 Å². The molecule has 1 aliphatic rings. The Morgan fingerprint density at radius 2 is 2.00 bits per heavy atom. The molecule has 5 nitrogen and oxygen atoms in total. The molecule has 106 valence electrons. The van der Waals surface area contributed by atoms with Gasteiger partial charge in [-0.1, -0.05) is 0 Å². The van der Waals surface area contributed by atoms with Crippen LogP contribution >= 0.6 is 0 Å². The summed E-state index contributed by atoms with van der Waals surface area (Å²) >= 11 is 0. The molecule has 1 unspecified atom stereocenters. The summed E-state index contributed by atoms with van der Waals surface area (Å²) in [5, 5.41) is 0. The Morgan fingerprint density at radius 3 is 2.50 bits per heavy atom. The van der Waals surface area contributed by atoms with Crippen molar-refractivity contribution in [3.8, 4) is 0 Å². The second-order valence-corrected chi connectivity index (χ2v) is 6.10. The van der Waals surface area contributed by atoms with Gasteiger partial charge in [0.25, 0.3) is 0 Å². The van der Waals surface area contributed by atoms with E-state index in [9.17, 15) is 26.4 Å². The molecule has 1 rings (SSSR count). The van der Waals surface area contributed by atoms with E-state index in [-0.39, 0.29) is 13.1 Å². The SMILES string of the molecule is CS(=O)(=O)NCC1CCCCN1C(=O)C(F)(F)F. The fourth-order valence-corrected chi connectivity index (χ4v) is 2.39. The first-order valence-corrected chi connectivity index (χ1v) is 7.33. The van der Waals surface area contributed by atoms with E-state index < -0.39 is 28.1 Å². The van der Waals surface area contributed by atoms with Crippen molar-refractivity contribution in [3.05, 3.63) is 0 Å². The van der Waals surface area contributed by atoms with Crippen LogP contribution in [0.25, 0.3) is 0 Å². The van der Waals surface area contributed by atoms with Gasteiger partial charge >= 0.3 is 12.1 Å². The van der Waals surface area contributed by atoms with Gasteiger partial charge in [-0.25, -0.2) is 13.1 Å². The molecule has 1 amide bonds.